The number of aliphatic carboxylic acids is 1. The number of nitrogens with zero attached hydrogens (tertiary/aromatic N) is 2. The van der Waals surface area contributed by atoms with E-state index in [0.29, 0.717) is 24.3 Å². The molecule has 0 aromatic heterocycles. The zero-order valence-electron chi connectivity index (χ0n) is 14.7. The summed E-state index contributed by atoms with van der Waals surface area (Å²) in [5.74, 6) is -1.18. The molecule has 1 aliphatic carbocycles. The molecule has 1 N–H and O–H groups in total. The minimum absolute atomic E-state index is 0. The minimum Gasteiger partial charge on any atom is -0.548 e. The summed E-state index contributed by atoms with van der Waals surface area (Å²) in [5, 5.41) is 14.2. The topological polar surface area (TPSA) is 102 Å². The Hall–Kier alpha value is -0.454. The van der Waals surface area contributed by atoms with E-state index in [1.54, 1.807) is 24.3 Å². The van der Waals surface area contributed by atoms with Gasteiger partial charge in [-0.2, -0.15) is 4.36 Å². The molecule has 1 aromatic rings. The number of urea groups is 1. The van der Waals surface area contributed by atoms with Crippen LogP contribution < -0.4 is 61.8 Å². The second-order valence-corrected chi connectivity index (χ2v) is 9.20. The summed E-state index contributed by atoms with van der Waals surface area (Å²) in [7, 11) is -2.30. The third-order valence-corrected chi connectivity index (χ3v) is 5.16. The number of anilines is 1. The molecule has 1 saturated carbocycles. The van der Waals surface area contributed by atoms with Crippen molar-refractivity contribution in [1.29, 1.82) is 0 Å². The molecule has 1 heterocycles. The first-order valence-electron chi connectivity index (χ1n) is 7.80. The molecule has 9 heteroatoms. The zero-order valence-corrected chi connectivity index (χ0v) is 18.6. The summed E-state index contributed by atoms with van der Waals surface area (Å²) in [4.78, 5) is 25.4. The Kier molecular flexibility index (Phi) is 6.38. The average Bonchev–Trinajstić information content (AvgIpc) is 3.21. The van der Waals surface area contributed by atoms with Crippen molar-refractivity contribution in [2.24, 2.45) is 10.3 Å². The van der Waals surface area contributed by atoms with Gasteiger partial charge in [0.15, 0.2) is 0 Å². The van der Waals surface area contributed by atoms with Crippen molar-refractivity contribution in [2.75, 3.05) is 24.4 Å². The van der Waals surface area contributed by atoms with Crippen LogP contribution in [-0.2, 0) is 14.5 Å². The summed E-state index contributed by atoms with van der Waals surface area (Å²) in [6.45, 7) is 0.401. The third kappa shape index (κ3) is 4.45. The fourth-order valence-electron chi connectivity index (χ4n) is 3.41. The predicted octanol–water partition coefficient (Wildman–Crippen LogP) is -1.81. The Morgan fingerprint density at radius 1 is 1.40 bits per heavy atom. The summed E-state index contributed by atoms with van der Waals surface area (Å²) >= 11 is 0. The van der Waals surface area contributed by atoms with E-state index in [-0.39, 0.29) is 57.3 Å². The quantitative estimate of drug-likeness (QED) is 0.616. The number of carboxylic acid groups (broad SMARTS) is 1. The molecule has 3 rings (SSSR count). The predicted molar refractivity (Wildman–Crippen MR) is 89.3 cm³/mol. The number of rotatable bonds is 3. The van der Waals surface area contributed by atoms with Crippen LogP contribution in [0.4, 0.5) is 16.2 Å². The Balaban J connectivity index is 0.00000225. The number of piperidine rings is 1. The first-order valence-corrected chi connectivity index (χ1v) is 10.1. The molecule has 1 saturated heterocycles. The fraction of sp³-hybridized carbons (Fsp3) is 0.500. The van der Waals surface area contributed by atoms with Crippen LogP contribution in [0.1, 0.15) is 19.3 Å². The number of carboxylic acids is 1. The van der Waals surface area contributed by atoms with Gasteiger partial charge in [-0.3, -0.25) is 0 Å². The van der Waals surface area contributed by atoms with E-state index in [4.69, 9.17) is 0 Å². The van der Waals surface area contributed by atoms with Crippen LogP contribution in [0, 0.1) is 5.92 Å². The van der Waals surface area contributed by atoms with Gasteiger partial charge >= 0.3 is 57.4 Å². The Bertz CT molecular complexity index is 813. The summed E-state index contributed by atoms with van der Waals surface area (Å²) < 4.78 is 15.9. The van der Waals surface area contributed by atoms with E-state index in [0.717, 1.165) is 12.8 Å². The van der Waals surface area contributed by atoms with E-state index >= 15 is 0 Å². The Morgan fingerprint density at radius 2 is 2.12 bits per heavy atom. The monoisotopic (exact) mass is 389 g/mol. The molecular formula is C16H20KN3O4S. The maximum absolute atomic E-state index is 12.5. The van der Waals surface area contributed by atoms with Gasteiger partial charge in [0.2, 0.25) is 0 Å². The van der Waals surface area contributed by atoms with E-state index in [1.807, 2.05) is 0 Å². The van der Waals surface area contributed by atoms with E-state index in [1.165, 1.54) is 17.4 Å². The van der Waals surface area contributed by atoms with Crippen molar-refractivity contribution in [3.63, 3.8) is 0 Å². The molecule has 25 heavy (non-hydrogen) atoms. The van der Waals surface area contributed by atoms with E-state index < -0.39 is 27.3 Å². The molecule has 0 spiro atoms. The van der Waals surface area contributed by atoms with Crippen molar-refractivity contribution in [2.45, 2.75) is 24.8 Å². The molecule has 2 aliphatic rings. The van der Waals surface area contributed by atoms with Gasteiger partial charge in [-0.15, -0.1) is 0 Å². The van der Waals surface area contributed by atoms with Gasteiger partial charge in [0.25, 0.3) is 0 Å². The van der Waals surface area contributed by atoms with Crippen molar-refractivity contribution in [1.82, 2.24) is 4.90 Å². The van der Waals surface area contributed by atoms with E-state index in [9.17, 15) is 18.9 Å². The van der Waals surface area contributed by atoms with Crippen molar-refractivity contribution < 1.29 is 70.3 Å². The number of fused-ring (bicyclic) bond motifs is 1. The van der Waals surface area contributed by atoms with Gasteiger partial charge in [-0.1, -0.05) is 6.07 Å². The molecule has 2 fully saturated rings. The van der Waals surface area contributed by atoms with Crippen molar-refractivity contribution in [3.8, 4) is 0 Å². The summed E-state index contributed by atoms with van der Waals surface area (Å²) in [6.07, 6.45) is 5.13. The number of carbonyl (C=O) groups excluding carboxylic acids is 2. The normalized spacial score (nSPS) is 24.6. The second kappa shape index (κ2) is 7.65. The molecule has 130 valence electrons. The number of benzene rings is 1. The molecule has 1 aliphatic heterocycles. The van der Waals surface area contributed by atoms with Gasteiger partial charge < -0.3 is 20.1 Å². The van der Waals surface area contributed by atoms with Crippen LogP contribution in [0.2, 0.25) is 0 Å². The van der Waals surface area contributed by atoms with Gasteiger partial charge in [0.1, 0.15) is 0 Å². The van der Waals surface area contributed by atoms with Gasteiger partial charge in [0.05, 0.1) is 17.2 Å². The standard InChI is InChI=1S/C16H21N3O4S.K/c1-24(2,23)18-13-7-3-6-12(9-13)17-15(22)19-8-4-5-11-10-16(11,19)14(20)21;/h3,6-7,9,11H,4-5,8,10H2,1-2H3,(H,17,22)(H,20,21);/q;+1/p-1/t11-,16+;/m1./s1. The van der Waals surface area contributed by atoms with Gasteiger partial charge in [0, 0.05) is 34.5 Å². The maximum Gasteiger partial charge on any atom is 1.00 e. The zero-order chi connectivity index (χ0) is 17.5. The summed E-state index contributed by atoms with van der Waals surface area (Å²) in [6, 6.07) is 6.24. The van der Waals surface area contributed by atoms with Crippen LogP contribution in [0.25, 0.3) is 0 Å². The van der Waals surface area contributed by atoms with Gasteiger partial charge in [-0.25, -0.2) is 9.00 Å². The van der Waals surface area contributed by atoms with Crippen LogP contribution in [0.15, 0.2) is 28.6 Å². The van der Waals surface area contributed by atoms with Crippen LogP contribution in [-0.4, -0.2) is 45.7 Å². The number of hydrogen-bond donors (Lipinski definition) is 1. The third-order valence-electron chi connectivity index (χ3n) is 4.51. The molecular weight excluding hydrogens is 369 g/mol. The van der Waals surface area contributed by atoms with Crippen molar-refractivity contribution >= 4 is 33.1 Å². The number of hydrogen-bond acceptors (Lipinski definition) is 5. The second-order valence-electron chi connectivity index (χ2n) is 6.66. The molecule has 0 radical (unpaired) electrons. The Morgan fingerprint density at radius 3 is 2.76 bits per heavy atom. The van der Waals surface area contributed by atoms with Crippen LogP contribution in [0.3, 0.4) is 0 Å². The average molecular weight is 390 g/mol. The number of nitrogens with one attached hydrogen (secondary N) is 1. The fourth-order valence-corrected chi connectivity index (χ4v) is 4.03. The number of likely N-dealkylation sites (tertiary alicyclic amines) is 1. The first-order chi connectivity index (χ1) is 11.2. The number of amides is 2. The molecule has 2 atom stereocenters. The Labute approximate surface area is 190 Å². The van der Waals surface area contributed by atoms with Crippen LogP contribution >= 0.6 is 0 Å². The summed E-state index contributed by atoms with van der Waals surface area (Å²) in [5.41, 5.74) is -0.160. The number of carbonyl (C=O) groups is 2. The first kappa shape index (κ1) is 20.9. The van der Waals surface area contributed by atoms with Crippen LogP contribution in [0.5, 0.6) is 0 Å². The van der Waals surface area contributed by atoms with Gasteiger partial charge in [-0.05, 0) is 43.4 Å². The minimum atomic E-state index is -2.30. The molecule has 2 amide bonds. The van der Waals surface area contributed by atoms with E-state index in [2.05, 4.69) is 9.68 Å². The molecule has 0 unspecified atom stereocenters. The molecule has 1 aromatic carbocycles. The maximum atomic E-state index is 12.5. The SMILES string of the molecule is CS(C)(=O)=Nc1cccc(NC(=O)N2CCC[C@@H]3C[C@@]32C(=O)[O-])c1.[K+]. The smallest absolute Gasteiger partial charge is 0.548 e. The molecule has 7 nitrogen and oxygen atoms in total. The largest absolute Gasteiger partial charge is 1.00 e. The van der Waals surface area contributed by atoms with Crippen molar-refractivity contribution in [3.05, 3.63) is 24.3 Å². The molecule has 0 bridgehead atoms.